The number of fused-ring (bicyclic) bond motifs is 6. The SMILES string of the molecule is c1ccc(C2=NC(c3ccc(-c4ccccc4)cc3)NC(c3cccc4oc5cc(-n6c7ccc(-c8ccccc8)cc7c7cc(-c8ccccc8)ccc76)ccc5c34)=N2)cc1. The Morgan fingerprint density at radius 3 is 1.55 bits per heavy atom. The Morgan fingerprint density at radius 2 is 0.952 bits per heavy atom. The number of rotatable bonds is 7. The molecule has 0 radical (unpaired) electrons. The fourth-order valence-corrected chi connectivity index (χ4v) is 9.03. The molecule has 0 aliphatic carbocycles. The molecule has 62 heavy (non-hydrogen) atoms. The van der Waals surface area contributed by atoms with E-state index >= 15 is 0 Å². The predicted octanol–water partition coefficient (Wildman–Crippen LogP) is 14.2. The second kappa shape index (κ2) is 14.8. The molecular weight excluding hydrogens is 757 g/mol. The lowest BCUT2D eigenvalue weighted by Gasteiger charge is -2.24. The van der Waals surface area contributed by atoms with Crippen LogP contribution >= 0.6 is 0 Å². The molecule has 1 N–H and O–H groups in total. The Balaban J connectivity index is 0.979. The maximum absolute atomic E-state index is 6.75. The lowest BCUT2D eigenvalue weighted by molar-refractivity contribution is 0.667. The number of benzene rings is 9. The smallest absolute Gasteiger partial charge is 0.159 e. The van der Waals surface area contributed by atoms with Gasteiger partial charge in [-0.3, -0.25) is 0 Å². The molecule has 0 amide bonds. The van der Waals surface area contributed by atoms with Crippen LogP contribution in [0.25, 0.3) is 82.8 Å². The highest BCUT2D eigenvalue weighted by molar-refractivity contribution is 6.22. The number of hydrogen-bond donors (Lipinski definition) is 1. The van der Waals surface area contributed by atoms with Crippen molar-refractivity contribution in [3.63, 3.8) is 0 Å². The van der Waals surface area contributed by atoms with Gasteiger partial charge in [0.05, 0.1) is 11.0 Å². The molecule has 5 heteroatoms. The van der Waals surface area contributed by atoms with E-state index in [1.165, 1.54) is 38.6 Å². The summed E-state index contributed by atoms with van der Waals surface area (Å²) in [6, 6.07) is 77.0. The molecular formula is C57H38N4O. The van der Waals surface area contributed by atoms with Gasteiger partial charge < -0.3 is 14.3 Å². The van der Waals surface area contributed by atoms with E-state index in [-0.39, 0.29) is 6.17 Å². The fourth-order valence-electron chi connectivity index (χ4n) is 9.03. The van der Waals surface area contributed by atoms with Gasteiger partial charge in [-0.2, -0.15) is 0 Å². The van der Waals surface area contributed by atoms with Crippen LogP contribution in [0.5, 0.6) is 0 Å². The standard InChI is InChI=1S/C57H38N4O/c1-5-14-37(15-6-1)40-24-26-42(27-25-40)56-58-55(41-20-11-4-12-21-41)59-57(60-56)47-22-13-23-52-54(47)46-31-30-45(36-53(46)62-52)61-50-32-28-43(38-16-7-2-8-17-38)34-48(50)49-35-44(29-33-51(49)61)39-18-9-3-10-19-39/h1-36,56H,(H,58,59,60). The number of aliphatic imine (C=N–C) groups is 2. The molecule has 0 saturated carbocycles. The first kappa shape index (κ1) is 35.6. The molecule has 0 spiro atoms. The Labute approximate surface area is 358 Å². The Hall–Kier alpha value is -8.28. The van der Waals surface area contributed by atoms with Gasteiger partial charge in [-0.05, 0) is 81.4 Å². The van der Waals surface area contributed by atoms with Gasteiger partial charge in [0.1, 0.15) is 23.2 Å². The van der Waals surface area contributed by atoms with E-state index < -0.39 is 0 Å². The normalized spacial score (nSPS) is 14.0. The van der Waals surface area contributed by atoms with Gasteiger partial charge in [-0.15, -0.1) is 0 Å². The largest absolute Gasteiger partial charge is 0.456 e. The van der Waals surface area contributed by atoms with Gasteiger partial charge >= 0.3 is 0 Å². The first-order chi connectivity index (χ1) is 30.7. The molecule has 292 valence electrons. The van der Waals surface area contributed by atoms with Crippen LogP contribution in [0.4, 0.5) is 0 Å². The molecule has 0 saturated heterocycles. The van der Waals surface area contributed by atoms with E-state index in [9.17, 15) is 0 Å². The van der Waals surface area contributed by atoms with E-state index in [2.05, 4.69) is 192 Å². The summed E-state index contributed by atoms with van der Waals surface area (Å²) >= 11 is 0. The van der Waals surface area contributed by atoms with Gasteiger partial charge in [-0.1, -0.05) is 170 Å². The van der Waals surface area contributed by atoms with Gasteiger partial charge in [0.2, 0.25) is 0 Å². The van der Waals surface area contributed by atoms with Crippen molar-refractivity contribution in [2.24, 2.45) is 9.98 Å². The zero-order chi connectivity index (χ0) is 41.0. The Bertz CT molecular complexity index is 3420. The molecule has 3 heterocycles. The summed E-state index contributed by atoms with van der Waals surface area (Å²) in [6.07, 6.45) is -0.345. The third-order valence-electron chi connectivity index (χ3n) is 12.1. The van der Waals surface area contributed by atoms with Gasteiger partial charge in [0.25, 0.3) is 0 Å². The van der Waals surface area contributed by atoms with Gasteiger partial charge in [0.15, 0.2) is 5.84 Å². The van der Waals surface area contributed by atoms with E-state index in [0.717, 1.165) is 66.7 Å². The lowest BCUT2D eigenvalue weighted by atomic mass is 10.0. The minimum absolute atomic E-state index is 0.345. The molecule has 1 atom stereocenters. The van der Waals surface area contributed by atoms with Crippen LogP contribution in [-0.4, -0.2) is 16.2 Å². The number of nitrogens with one attached hydrogen (secondary N) is 1. The van der Waals surface area contributed by atoms with Crippen LogP contribution in [-0.2, 0) is 0 Å². The number of hydrogen-bond acceptors (Lipinski definition) is 4. The molecule has 1 aliphatic heterocycles. The van der Waals surface area contributed by atoms with Crippen molar-refractivity contribution in [3.05, 3.63) is 235 Å². The van der Waals surface area contributed by atoms with Crippen molar-refractivity contribution >= 4 is 55.4 Å². The second-order valence-corrected chi connectivity index (χ2v) is 15.8. The molecule has 12 rings (SSSR count). The van der Waals surface area contributed by atoms with Crippen molar-refractivity contribution < 1.29 is 4.42 Å². The lowest BCUT2D eigenvalue weighted by Crippen LogP contribution is -2.33. The van der Waals surface area contributed by atoms with Crippen LogP contribution in [0, 0.1) is 0 Å². The number of aromatic nitrogens is 1. The molecule has 9 aromatic carbocycles. The second-order valence-electron chi connectivity index (χ2n) is 15.8. The molecule has 0 bridgehead atoms. The maximum atomic E-state index is 6.75. The first-order valence-corrected chi connectivity index (χ1v) is 21.0. The van der Waals surface area contributed by atoms with Gasteiger partial charge in [0, 0.05) is 44.4 Å². The predicted molar refractivity (Wildman–Crippen MR) is 256 cm³/mol. The van der Waals surface area contributed by atoms with Crippen molar-refractivity contribution in [2.45, 2.75) is 6.17 Å². The van der Waals surface area contributed by atoms with E-state index in [1.807, 2.05) is 36.4 Å². The average Bonchev–Trinajstić information content (AvgIpc) is 3.89. The summed E-state index contributed by atoms with van der Waals surface area (Å²) in [7, 11) is 0. The minimum Gasteiger partial charge on any atom is -0.456 e. The Morgan fingerprint density at radius 1 is 0.419 bits per heavy atom. The number of nitrogens with zero attached hydrogens (tertiary/aromatic N) is 3. The minimum atomic E-state index is -0.345. The maximum Gasteiger partial charge on any atom is 0.159 e. The quantitative estimate of drug-likeness (QED) is 0.175. The number of furan rings is 1. The third kappa shape index (κ3) is 6.18. The molecule has 2 aromatic heterocycles. The summed E-state index contributed by atoms with van der Waals surface area (Å²) in [5, 5.41) is 8.15. The van der Waals surface area contributed by atoms with Crippen molar-refractivity contribution in [3.8, 4) is 39.1 Å². The molecule has 1 unspecified atom stereocenters. The summed E-state index contributed by atoms with van der Waals surface area (Å²) in [5.41, 5.74) is 15.0. The van der Waals surface area contributed by atoms with E-state index in [4.69, 9.17) is 14.4 Å². The summed E-state index contributed by atoms with van der Waals surface area (Å²) in [5.74, 6) is 1.43. The van der Waals surface area contributed by atoms with Crippen LogP contribution < -0.4 is 5.32 Å². The molecule has 0 fully saturated rings. The zero-order valence-electron chi connectivity index (χ0n) is 33.6. The van der Waals surface area contributed by atoms with Crippen LogP contribution in [0.15, 0.2) is 233 Å². The zero-order valence-corrected chi connectivity index (χ0v) is 33.6. The highest BCUT2D eigenvalue weighted by Crippen LogP contribution is 2.40. The molecule has 11 aromatic rings. The molecule has 5 nitrogen and oxygen atoms in total. The van der Waals surface area contributed by atoms with Gasteiger partial charge in [-0.25, -0.2) is 9.98 Å². The fraction of sp³-hybridized carbons (Fsp3) is 0.0175. The van der Waals surface area contributed by atoms with Crippen LogP contribution in [0.1, 0.15) is 22.9 Å². The van der Waals surface area contributed by atoms with E-state index in [0.29, 0.717) is 5.84 Å². The monoisotopic (exact) mass is 794 g/mol. The molecule has 1 aliphatic rings. The summed E-state index contributed by atoms with van der Waals surface area (Å²) in [4.78, 5) is 10.4. The highest BCUT2D eigenvalue weighted by Gasteiger charge is 2.24. The van der Waals surface area contributed by atoms with Crippen molar-refractivity contribution in [2.75, 3.05) is 0 Å². The van der Waals surface area contributed by atoms with Crippen molar-refractivity contribution in [1.82, 2.24) is 9.88 Å². The average molecular weight is 795 g/mol. The van der Waals surface area contributed by atoms with Crippen LogP contribution in [0.3, 0.4) is 0 Å². The van der Waals surface area contributed by atoms with Crippen LogP contribution in [0.2, 0.25) is 0 Å². The highest BCUT2D eigenvalue weighted by atomic mass is 16.3. The first-order valence-electron chi connectivity index (χ1n) is 21.0. The number of amidine groups is 2. The van der Waals surface area contributed by atoms with E-state index in [1.54, 1.807) is 0 Å². The summed E-state index contributed by atoms with van der Waals surface area (Å²) in [6.45, 7) is 0. The third-order valence-corrected chi connectivity index (χ3v) is 12.1. The Kier molecular flexibility index (Phi) is 8.49. The summed E-state index contributed by atoms with van der Waals surface area (Å²) < 4.78 is 9.12. The topological polar surface area (TPSA) is 54.8 Å². The van der Waals surface area contributed by atoms with Crippen molar-refractivity contribution in [1.29, 1.82) is 0 Å².